The number of amides is 1. The number of hydrogen-bond donors (Lipinski definition) is 1. The maximum Gasteiger partial charge on any atom is 0.221 e. The van der Waals surface area contributed by atoms with Crippen molar-refractivity contribution in [1.82, 2.24) is 0 Å². The largest absolute Gasteiger partial charge is 0.369 e. The lowest BCUT2D eigenvalue weighted by Gasteiger charge is -2.08. The maximum absolute atomic E-state index is 10.7. The van der Waals surface area contributed by atoms with Crippen LogP contribution < -0.4 is 5.73 Å². The Labute approximate surface area is 82.7 Å². The third kappa shape index (κ3) is 2.46. The molecule has 0 aliphatic carbocycles. The Balaban J connectivity index is 3.13. The van der Waals surface area contributed by atoms with Gasteiger partial charge >= 0.3 is 0 Å². The van der Waals surface area contributed by atoms with E-state index in [1.807, 2.05) is 26.0 Å². The van der Waals surface area contributed by atoms with Crippen molar-refractivity contribution in [3.8, 4) is 0 Å². The van der Waals surface area contributed by atoms with Crippen LogP contribution in [0.15, 0.2) is 12.1 Å². The van der Waals surface area contributed by atoms with Crippen LogP contribution in [0.2, 0.25) is 5.02 Å². The quantitative estimate of drug-likeness (QED) is 0.774. The van der Waals surface area contributed by atoms with E-state index in [0.717, 1.165) is 16.7 Å². The van der Waals surface area contributed by atoms with Gasteiger partial charge in [0, 0.05) is 5.02 Å². The molecular formula is C10H12ClNO. The summed E-state index contributed by atoms with van der Waals surface area (Å²) in [6.45, 7) is 3.86. The van der Waals surface area contributed by atoms with E-state index in [1.54, 1.807) is 0 Å². The predicted octanol–water partition coefficient (Wildman–Crippen LogP) is 1.98. The minimum atomic E-state index is -0.312. The molecule has 13 heavy (non-hydrogen) atoms. The molecule has 1 rings (SSSR count). The maximum atomic E-state index is 10.7. The standard InChI is InChI=1S/C10H12ClNO/c1-6-3-8(11)4-7(2)9(6)5-10(12)13/h3-4H,5H2,1-2H3,(H2,12,13). The number of benzene rings is 1. The number of primary amides is 1. The number of aryl methyl sites for hydroxylation is 2. The molecule has 1 aromatic carbocycles. The molecule has 2 nitrogen and oxygen atoms in total. The highest BCUT2D eigenvalue weighted by atomic mass is 35.5. The lowest BCUT2D eigenvalue weighted by molar-refractivity contribution is -0.117. The van der Waals surface area contributed by atoms with Crippen molar-refractivity contribution in [2.45, 2.75) is 20.3 Å². The molecule has 1 amide bonds. The van der Waals surface area contributed by atoms with E-state index in [9.17, 15) is 4.79 Å². The summed E-state index contributed by atoms with van der Waals surface area (Å²) in [6.07, 6.45) is 0.287. The number of nitrogens with two attached hydrogens (primary N) is 1. The number of carbonyl (C=O) groups excluding carboxylic acids is 1. The Morgan fingerprint density at radius 1 is 1.38 bits per heavy atom. The molecule has 0 heterocycles. The zero-order valence-corrected chi connectivity index (χ0v) is 8.48. The highest BCUT2D eigenvalue weighted by Gasteiger charge is 2.06. The van der Waals surface area contributed by atoms with E-state index in [1.165, 1.54) is 0 Å². The Bertz CT molecular complexity index is 324. The molecule has 0 spiro atoms. The predicted molar refractivity (Wildman–Crippen MR) is 53.8 cm³/mol. The molecule has 70 valence electrons. The van der Waals surface area contributed by atoms with Crippen molar-refractivity contribution in [3.05, 3.63) is 33.8 Å². The van der Waals surface area contributed by atoms with Gasteiger partial charge in [0.1, 0.15) is 0 Å². The minimum absolute atomic E-state index is 0.287. The first-order chi connectivity index (χ1) is 6.00. The third-order valence-electron chi connectivity index (χ3n) is 2.01. The van der Waals surface area contributed by atoms with Gasteiger partial charge in [0.05, 0.1) is 6.42 Å². The van der Waals surface area contributed by atoms with Gasteiger partial charge in [0.15, 0.2) is 0 Å². The molecule has 0 aromatic heterocycles. The molecule has 2 N–H and O–H groups in total. The highest BCUT2D eigenvalue weighted by Crippen LogP contribution is 2.20. The molecular weight excluding hydrogens is 186 g/mol. The number of carbonyl (C=O) groups is 1. The highest BCUT2D eigenvalue weighted by molar-refractivity contribution is 6.30. The fourth-order valence-electron chi connectivity index (χ4n) is 1.39. The van der Waals surface area contributed by atoms with Crippen LogP contribution in [-0.4, -0.2) is 5.91 Å². The fourth-order valence-corrected chi connectivity index (χ4v) is 1.72. The SMILES string of the molecule is Cc1cc(Cl)cc(C)c1CC(N)=O. The Hall–Kier alpha value is -1.02. The van der Waals surface area contributed by atoms with Gasteiger partial charge in [-0.3, -0.25) is 4.79 Å². The van der Waals surface area contributed by atoms with Gasteiger partial charge < -0.3 is 5.73 Å². The van der Waals surface area contributed by atoms with Gasteiger partial charge in [-0.25, -0.2) is 0 Å². The second-order valence-corrected chi connectivity index (χ2v) is 3.60. The van der Waals surface area contributed by atoms with E-state index in [2.05, 4.69) is 0 Å². The molecule has 0 aliphatic heterocycles. The summed E-state index contributed by atoms with van der Waals surface area (Å²) in [4.78, 5) is 10.7. The molecule has 0 fully saturated rings. The van der Waals surface area contributed by atoms with Crippen molar-refractivity contribution in [2.24, 2.45) is 5.73 Å². The van der Waals surface area contributed by atoms with Crippen LogP contribution in [0.4, 0.5) is 0 Å². The zero-order valence-electron chi connectivity index (χ0n) is 7.73. The molecule has 0 atom stereocenters. The topological polar surface area (TPSA) is 43.1 Å². The van der Waals surface area contributed by atoms with Crippen LogP contribution in [-0.2, 0) is 11.2 Å². The van der Waals surface area contributed by atoms with Gasteiger partial charge in [0.25, 0.3) is 0 Å². The normalized spacial score (nSPS) is 10.1. The lowest BCUT2D eigenvalue weighted by atomic mass is 10.00. The average Bonchev–Trinajstić information content (AvgIpc) is 1.96. The molecule has 0 bridgehead atoms. The third-order valence-corrected chi connectivity index (χ3v) is 2.23. The van der Waals surface area contributed by atoms with Crippen molar-refractivity contribution < 1.29 is 4.79 Å². The van der Waals surface area contributed by atoms with E-state index < -0.39 is 0 Å². The Morgan fingerprint density at radius 3 is 2.23 bits per heavy atom. The smallest absolute Gasteiger partial charge is 0.221 e. The van der Waals surface area contributed by atoms with Crippen molar-refractivity contribution in [3.63, 3.8) is 0 Å². The van der Waals surface area contributed by atoms with Crippen LogP contribution in [0.1, 0.15) is 16.7 Å². The van der Waals surface area contributed by atoms with E-state index >= 15 is 0 Å². The summed E-state index contributed by atoms with van der Waals surface area (Å²) < 4.78 is 0. The first-order valence-electron chi connectivity index (χ1n) is 4.04. The summed E-state index contributed by atoms with van der Waals surface area (Å²) >= 11 is 5.84. The number of halogens is 1. The van der Waals surface area contributed by atoms with Crippen molar-refractivity contribution in [1.29, 1.82) is 0 Å². The molecule has 0 saturated carbocycles. The average molecular weight is 198 g/mol. The molecule has 0 unspecified atom stereocenters. The molecule has 0 radical (unpaired) electrons. The summed E-state index contributed by atoms with van der Waals surface area (Å²) in [6, 6.07) is 3.68. The minimum Gasteiger partial charge on any atom is -0.369 e. The van der Waals surface area contributed by atoms with Gasteiger partial charge in [0.2, 0.25) is 5.91 Å². The van der Waals surface area contributed by atoms with E-state index in [0.29, 0.717) is 5.02 Å². The molecule has 3 heteroatoms. The molecule has 0 saturated heterocycles. The first-order valence-corrected chi connectivity index (χ1v) is 4.42. The monoisotopic (exact) mass is 197 g/mol. The summed E-state index contributed by atoms with van der Waals surface area (Å²) in [5.41, 5.74) is 8.15. The van der Waals surface area contributed by atoms with Crippen LogP contribution in [0.5, 0.6) is 0 Å². The van der Waals surface area contributed by atoms with Crippen molar-refractivity contribution >= 4 is 17.5 Å². The first kappa shape index (κ1) is 10.1. The van der Waals surface area contributed by atoms with Crippen LogP contribution in [0.25, 0.3) is 0 Å². The Morgan fingerprint density at radius 2 is 1.85 bits per heavy atom. The van der Waals surface area contributed by atoms with Crippen LogP contribution in [0, 0.1) is 13.8 Å². The molecule has 0 aliphatic rings. The van der Waals surface area contributed by atoms with Crippen LogP contribution in [0.3, 0.4) is 0 Å². The summed E-state index contributed by atoms with van der Waals surface area (Å²) in [7, 11) is 0. The van der Waals surface area contributed by atoms with Crippen LogP contribution >= 0.6 is 11.6 Å². The van der Waals surface area contributed by atoms with Gasteiger partial charge in [-0.15, -0.1) is 0 Å². The summed E-state index contributed by atoms with van der Waals surface area (Å²) in [5.74, 6) is -0.312. The van der Waals surface area contributed by atoms with Gasteiger partial charge in [-0.05, 0) is 42.7 Å². The Kier molecular flexibility index (Phi) is 2.94. The van der Waals surface area contributed by atoms with E-state index in [4.69, 9.17) is 17.3 Å². The van der Waals surface area contributed by atoms with Gasteiger partial charge in [-0.2, -0.15) is 0 Å². The number of rotatable bonds is 2. The summed E-state index contributed by atoms with van der Waals surface area (Å²) in [5, 5.41) is 0.697. The van der Waals surface area contributed by atoms with E-state index in [-0.39, 0.29) is 12.3 Å². The second-order valence-electron chi connectivity index (χ2n) is 3.16. The van der Waals surface area contributed by atoms with Gasteiger partial charge in [-0.1, -0.05) is 11.6 Å². The lowest BCUT2D eigenvalue weighted by Crippen LogP contribution is -2.15. The molecule has 1 aromatic rings. The zero-order chi connectivity index (χ0) is 10.0. The van der Waals surface area contributed by atoms with Crippen molar-refractivity contribution in [2.75, 3.05) is 0 Å². The number of hydrogen-bond acceptors (Lipinski definition) is 1. The fraction of sp³-hybridized carbons (Fsp3) is 0.300. The second kappa shape index (κ2) is 3.79.